The van der Waals surface area contributed by atoms with Crippen LogP contribution in [0.3, 0.4) is 0 Å². The van der Waals surface area contributed by atoms with Crippen LogP contribution in [0.5, 0.6) is 0 Å². The molecule has 0 spiro atoms. The molecule has 0 saturated carbocycles. The van der Waals surface area contributed by atoms with E-state index < -0.39 is 0 Å². The molecule has 1 aliphatic heterocycles. The number of nitrogens with one attached hydrogen (secondary N) is 1. The lowest BCUT2D eigenvalue weighted by Gasteiger charge is -2.19. The van der Waals surface area contributed by atoms with E-state index in [0.717, 1.165) is 37.0 Å². The van der Waals surface area contributed by atoms with Crippen LogP contribution in [0, 0.1) is 12.7 Å². The zero-order chi connectivity index (χ0) is 18.1. The highest BCUT2D eigenvalue weighted by atomic mass is 35.5. The number of anilines is 2. The van der Waals surface area contributed by atoms with Gasteiger partial charge in [0.2, 0.25) is 0 Å². The van der Waals surface area contributed by atoms with Gasteiger partial charge in [0.15, 0.2) is 5.65 Å². The second-order valence-electron chi connectivity index (χ2n) is 6.51. The molecule has 0 unspecified atom stereocenters. The topological polar surface area (TPSA) is 58.1 Å². The van der Waals surface area contributed by atoms with E-state index in [0.29, 0.717) is 22.6 Å². The second-order valence-corrected chi connectivity index (χ2v) is 6.51. The summed E-state index contributed by atoms with van der Waals surface area (Å²) in [5, 5.41) is 3.95. The van der Waals surface area contributed by atoms with Crippen LogP contribution in [0.2, 0.25) is 0 Å². The number of likely N-dealkylation sites (tertiary alicyclic amines) is 1. The molecular formula is C20H20ClFN4O. The van der Waals surface area contributed by atoms with Gasteiger partial charge in [-0.2, -0.15) is 0 Å². The predicted molar refractivity (Wildman–Crippen MR) is 106 cm³/mol. The summed E-state index contributed by atoms with van der Waals surface area (Å²) in [6, 6.07) is 9.96. The molecule has 1 N–H and O–H groups in total. The third-order valence-electron chi connectivity index (χ3n) is 4.59. The maximum Gasteiger partial charge on any atom is 0.257 e. The van der Waals surface area contributed by atoms with Crippen LogP contribution >= 0.6 is 12.4 Å². The number of halogens is 2. The first-order chi connectivity index (χ1) is 12.6. The van der Waals surface area contributed by atoms with Gasteiger partial charge >= 0.3 is 0 Å². The zero-order valence-electron chi connectivity index (χ0n) is 14.9. The SMILES string of the molecule is Cc1ccc2c(Nc3cccc(F)c3)c(C(=O)N3CCCC3)cnc2n1.Cl. The van der Waals surface area contributed by atoms with Crippen LogP contribution in [0.25, 0.3) is 11.0 Å². The first-order valence-corrected chi connectivity index (χ1v) is 8.70. The Balaban J connectivity index is 0.00000210. The number of fused-ring (bicyclic) bond motifs is 1. The van der Waals surface area contributed by atoms with Crippen LogP contribution in [-0.4, -0.2) is 33.9 Å². The number of benzene rings is 1. The van der Waals surface area contributed by atoms with Gasteiger partial charge in [0.25, 0.3) is 5.91 Å². The van der Waals surface area contributed by atoms with Gasteiger partial charge in [-0.3, -0.25) is 4.79 Å². The third kappa shape index (κ3) is 3.85. The number of carbonyl (C=O) groups is 1. The highest BCUT2D eigenvalue weighted by Crippen LogP contribution is 2.30. The van der Waals surface area contributed by atoms with Crippen molar-refractivity contribution in [1.29, 1.82) is 0 Å². The molecule has 0 aliphatic carbocycles. The van der Waals surface area contributed by atoms with Crippen molar-refractivity contribution in [3.05, 3.63) is 59.7 Å². The Morgan fingerprint density at radius 2 is 1.96 bits per heavy atom. The summed E-state index contributed by atoms with van der Waals surface area (Å²) in [5.74, 6) is -0.397. The van der Waals surface area contributed by atoms with Crippen LogP contribution in [0.15, 0.2) is 42.6 Å². The molecule has 27 heavy (non-hydrogen) atoms. The Labute approximate surface area is 163 Å². The number of amides is 1. The number of aryl methyl sites for hydroxylation is 1. The lowest BCUT2D eigenvalue weighted by atomic mass is 10.1. The van der Waals surface area contributed by atoms with Gasteiger partial charge in [-0.1, -0.05) is 6.07 Å². The molecule has 7 heteroatoms. The van der Waals surface area contributed by atoms with Gasteiger partial charge in [-0.05, 0) is 50.1 Å². The number of nitrogens with zero attached hydrogens (tertiary/aromatic N) is 3. The van der Waals surface area contributed by atoms with E-state index >= 15 is 0 Å². The number of pyridine rings is 2. The molecule has 1 saturated heterocycles. The van der Waals surface area contributed by atoms with Gasteiger partial charge in [0.05, 0.1) is 11.3 Å². The second kappa shape index (κ2) is 7.88. The summed E-state index contributed by atoms with van der Waals surface area (Å²) >= 11 is 0. The third-order valence-corrected chi connectivity index (χ3v) is 4.59. The Morgan fingerprint density at radius 1 is 1.19 bits per heavy atom. The number of hydrogen-bond donors (Lipinski definition) is 1. The van der Waals surface area contributed by atoms with E-state index in [9.17, 15) is 9.18 Å². The maximum absolute atomic E-state index is 13.6. The summed E-state index contributed by atoms with van der Waals surface area (Å²) in [6.45, 7) is 3.40. The smallest absolute Gasteiger partial charge is 0.257 e. The van der Waals surface area contributed by atoms with Gasteiger partial charge in [0.1, 0.15) is 5.82 Å². The zero-order valence-corrected chi connectivity index (χ0v) is 15.7. The van der Waals surface area contributed by atoms with Gasteiger partial charge in [0, 0.05) is 36.1 Å². The molecule has 1 aliphatic rings. The lowest BCUT2D eigenvalue weighted by molar-refractivity contribution is 0.0793. The monoisotopic (exact) mass is 386 g/mol. The van der Waals surface area contributed by atoms with Crippen LogP contribution in [0.1, 0.15) is 28.9 Å². The van der Waals surface area contributed by atoms with Crippen LogP contribution in [0.4, 0.5) is 15.8 Å². The summed E-state index contributed by atoms with van der Waals surface area (Å²) in [4.78, 5) is 23.6. The average molecular weight is 387 g/mol. The minimum absolute atomic E-state index is 0. The number of rotatable bonds is 3. The fraction of sp³-hybridized carbons (Fsp3) is 0.250. The molecule has 140 valence electrons. The first-order valence-electron chi connectivity index (χ1n) is 8.70. The Morgan fingerprint density at radius 3 is 2.70 bits per heavy atom. The molecule has 4 rings (SSSR count). The van der Waals surface area contributed by atoms with Crippen molar-refractivity contribution in [1.82, 2.24) is 14.9 Å². The minimum Gasteiger partial charge on any atom is -0.354 e. The van der Waals surface area contributed by atoms with Gasteiger partial charge in [-0.15, -0.1) is 12.4 Å². The van der Waals surface area contributed by atoms with Crippen molar-refractivity contribution in [3.63, 3.8) is 0 Å². The molecule has 1 amide bonds. The fourth-order valence-electron chi connectivity index (χ4n) is 3.27. The first kappa shape index (κ1) is 19.0. The Bertz CT molecular complexity index is 989. The molecule has 0 atom stereocenters. The van der Waals surface area contributed by atoms with Gasteiger partial charge < -0.3 is 10.2 Å². The predicted octanol–water partition coefficient (Wildman–Crippen LogP) is 4.48. The fourth-order valence-corrected chi connectivity index (χ4v) is 3.27. The Kier molecular flexibility index (Phi) is 5.56. The van der Waals surface area contributed by atoms with E-state index in [1.165, 1.54) is 12.1 Å². The van der Waals surface area contributed by atoms with Crippen molar-refractivity contribution in [3.8, 4) is 0 Å². The highest BCUT2D eigenvalue weighted by molar-refractivity contribution is 6.07. The largest absolute Gasteiger partial charge is 0.354 e. The lowest BCUT2D eigenvalue weighted by Crippen LogP contribution is -2.28. The quantitative estimate of drug-likeness (QED) is 0.721. The summed E-state index contributed by atoms with van der Waals surface area (Å²) in [6.07, 6.45) is 3.59. The average Bonchev–Trinajstić information content (AvgIpc) is 3.16. The van der Waals surface area contributed by atoms with E-state index in [4.69, 9.17) is 0 Å². The van der Waals surface area contributed by atoms with Crippen molar-refractivity contribution in [2.24, 2.45) is 0 Å². The van der Waals surface area contributed by atoms with Crippen molar-refractivity contribution < 1.29 is 9.18 Å². The van der Waals surface area contributed by atoms with E-state index in [2.05, 4.69) is 15.3 Å². The summed E-state index contributed by atoms with van der Waals surface area (Å²) < 4.78 is 13.6. The van der Waals surface area contributed by atoms with Crippen molar-refractivity contribution in [2.45, 2.75) is 19.8 Å². The summed E-state index contributed by atoms with van der Waals surface area (Å²) in [7, 11) is 0. The molecule has 0 radical (unpaired) electrons. The molecule has 3 heterocycles. The number of aromatic nitrogens is 2. The van der Waals surface area contributed by atoms with Gasteiger partial charge in [-0.25, -0.2) is 14.4 Å². The Hall–Kier alpha value is -2.73. The normalized spacial score (nSPS) is 13.5. The molecule has 5 nitrogen and oxygen atoms in total. The molecule has 0 bridgehead atoms. The molecule has 1 aromatic carbocycles. The minimum atomic E-state index is -0.338. The number of hydrogen-bond acceptors (Lipinski definition) is 4. The number of carbonyl (C=O) groups excluding carboxylic acids is 1. The van der Waals surface area contributed by atoms with Crippen molar-refractivity contribution in [2.75, 3.05) is 18.4 Å². The molecule has 2 aromatic heterocycles. The molecule has 1 fully saturated rings. The van der Waals surface area contributed by atoms with E-state index in [1.54, 1.807) is 18.3 Å². The maximum atomic E-state index is 13.6. The highest BCUT2D eigenvalue weighted by Gasteiger charge is 2.24. The van der Waals surface area contributed by atoms with Crippen LogP contribution < -0.4 is 5.32 Å². The van der Waals surface area contributed by atoms with E-state index in [-0.39, 0.29) is 24.1 Å². The molecule has 3 aromatic rings. The van der Waals surface area contributed by atoms with E-state index in [1.807, 2.05) is 24.0 Å². The summed E-state index contributed by atoms with van der Waals surface area (Å²) in [5.41, 5.74) is 3.08. The van der Waals surface area contributed by atoms with Crippen LogP contribution in [-0.2, 0) is 0 Å². The van der Waals surface area contributed by atoms with Crippen molar-refractivity contribution >= 4 is 40.7 Å². The molecular weight excluding hydrogens is 367 g/mol. The standard InChI is InChI=1S/C20H19FN4O.ClH/c1-13-7-8-16-18(24-15-6-4-5-14(21)11-15)17(12-22-19(16)23-13)20(26)25-9-2-3-10-25;/h4-8,11-12H,2-3,9-10H2,1H3,(H,22,23,24);1H.